The first-order valence-electron chi connectivity index (χ1n) is 7.31. The van der Waals surface area contributed by atoms with Gasteiger partial charge in [0.2, 0.25) is 0 Å². The van der Waals surface area contributed by atoms with Crippen LogP contribution in [0.2, 0.25) is 5.02 Å². The van der Waals surface area contributed by atoms with Crippen LogP contribution in [0.25, 0.3) is 0 Å². The number of amides is 1. The van der Waals surface area contributed by atoms with Crippen molar-refractivity contribution in [2.75, 3.05) is 25.6 Å². The lowest BCUT2D eigenvalue weighted by atomic mass is 10.1. The van der Waals surface area contributed by atoms with Crippen LogP contribution >= 0.6 is 27.5 Å². The number of methoxy groups -OCH3 is 1. The summed E-state index contributed by atoms with van der Waals surface area (Å²) in [7, 11) is 1.55. The van der Waals surface area contributed by atoms with Crippen LogP contribution in [0.15, 0.2) is 40.9 Å². The molecule has 0 unspecified atom stereocenters. The lowest BCUT2D eigenvalue weighted by Gasteiger charge is -2.12. The number of anilines is 1. The minimum atomic E-state index is -4.53. The van der Waals surface area contributed by atoms with Gasteiger partial charge in [-0.15, -0.1) is 0 Å². The topological polar surface area (TPSA) is 47.6 Å². The molecule has 0 fully saturated rings. The van der Waals surface area contributed by atoms with Crippen LogP contribution in [-0.4, -0.2) is 26.2 Å². The Morgan fingerprint density at radius 2 is 1.92 bits per heavy atom. The van der Waals surface area contributed by atoms with Crippen LogP contribution in [0.3, 0.4) is 0 Å². The van der Waals surface area contributed by atoms with Gasteiger partial charge in [0.05, 0.1) is 27.4 Å². The fraction of sp³-hybridized carbons (Fsp3) is 0.235. The second-order valence-corrected chi connectivity index (χ2v) is 6.39. The van der Waals surface area contributed by atoms with Gasteiger partial charge in [-0.05, 0) is 52.3 Å². The van der Waals surface area contributed by atoms with E-state index in [1.807, 2.05) is 0 Å². The highest BCUT2D eigenvalue weighted by molar-refractivity contribution is 9.10. The Bertz CT molecular complexity index is 799. The standard InChI is InChI=1S/C17H14BrClF3NO3/c1-25-6-7-26-15-5-2-10(8-12(15)18)16(24)23-14-9-11(17(20,21)22)3-4-13(14)19/h2-5,8-9H,6-7H2,1H3,(H,23,24). The number of carbonyl (C=O) groups is 1. The van der Waals surface area contributed by atoms with Crippen LogP contribution in [0, 0.1) is 0 Å². The fourth-order valence-corrected chi connectivity index (χ4v) is 2.64. The summed E-state index contributed by atoms with van der Waals surface area (Å²) in [6, 6.07) is 7.28. The second kappa shape index (κ2) is 8.75. The minimum absolute atomic E-state index is 0.00457. The molecule has 2 aromatic carbocycles. The molecule has 9 heteroatoms. The zero-order chi connectivity index (χ0) is 19.3. The summed E-state index contributed by atoms with van der Waals surface area (Å²) in [5.74, 6) is -0.0916. The fourth-order valence-electron chi connectivity index (χ4n) is 1.99. The summed E-state index contributed by atoms with van der Waals surface area (Å²) in [6.07, 6.45) is -4.53. The molecule has 0 aliphatic rings. The summed E-state index contributed by atoms with van der Waals surface area (Å²) in [4.78, 5) is 12.3. The van der Waals surface area contributed by atoms with Gasteiger partial charge in [-0.25, -0.2) is 0 Å². The smallest absolute Gasteiger partial charge is 0.416 e. The first kappa shape index (κ1) is 20.5. The molecule has 4 nitrogen and oxygen atoms in total. The molecule has 1 N–H and O–H groups in total. The van der Waals surface area contributed by atoms with E-state index < -0.39 is 17.6 Å². The third kappa shape index (κ3) is 5.36. The zero-order valence-corrected chi connectivity index (χ0v) is 15.8. The van der Waals surface area contributed by atoms with E-state index in [2.05, 4.69) is 21.2 Å². The van der Waals surface area contributed by atoms with Crippen molar-refractivity contribution in [3.8, 4) is 5.75 Å². The molecule has 140 valence electrons. The quantitative estimate of drug-likeness (QED) is 0.597. The number of carbonyl (C=O) groups excluding carboxylic acids is 1. The number of alkyl halides is 3. The molecule has 1 amide bonds. The number of halogens is 5. The molecule has 0 spiro atoms. The first-order chi connectivity index (χ1) is 12.2. The summed E-state index contributed by atoms with van der Waals surface area (Å²) in [5.41, 5.74) is -0.798. The molecular formula is C17H14BrClF3NO3. The van der Waals surface area contributed by atoms with Crippen molar-refractivity contribution in [3.63, 3.8) is 0 Å². The zero-order valence-electron chi connectivity index (χ0n) is 13.5. The Hall–Kier alpha value is -1.77. The molecular weight excluding hydrogens is 439 g/mol. The number of benzene rings is 2. The second-order valence-electron chi connectivity index (χ2n) is 5.13. The van der Waals surface area contributed by atoms with Crippen LogP contribution in [0.1, 0.15) is 15.9 Å². The van der Waals surface area contributed by atoms with E-state index in [1.54, 1.807) is 13.2 Å². The Morgan fingerprint density at radius 1 is 1.19 bits per heavy atom. The van der Waals surface area contributed by atoms with E-state index >= 15 is 0 Å². The first-order valence-corrected chi connectivity index (χ1v) is 8.49. The van der Waals surface area contributed by atoms with Crippen molar-refractivity contribution in [1.82, 2.24) is 0 Å². The van der Waals surface area contributed by atoms with E-state index in [-0.39, 0.29) is 16.3 Å². The van der Waals surface area contributed by atoms with Gasteiger partial charge >= 0.3 is 6.18 Å². The molecule has 0 saturated carbocycles. The van der Waals surface area contributed by atoms with Crippen molar-refractivity contribution in [1.29, 1.82) is 0 Å². The van der Waals surface area contributed by atoms with Gasteiger partial charge in [0.1, 0.15) is 12.4 Å². The van der Waals surface area contributed by atoms with E-state index in [4.69, 9.17) is 21.1 Å². The molecule has 2 rings (SSSR count). The van der Waals surface area contributed by atoms with Gasteiger partial charge in [-0.2, -0.15) is 13.2 Å². The van der Waals surface area contributed by atoms with Crippen LogP contribution in [-0.2, 0) is 10.9 Å². The van der Waals surface area contributed by atoms with Crippen molar-refractivity contribution < 1.29 is 27.4 Å². The van der Waals surface area contributed by atoms with Crippen molar-refractivity contribution in [2.24, 2.45) is 0 Å². The maximum Gasteiger partial charge on any atom is 0.416 e. The molecule has 0 aromatic heterocycles. The molecule has 26 heavy (non-hydrogen) atoms. The predicted octanol–water partition coefficient (Wildman–Crippen LogP) is 5.40. The maximum absolute atomic E-state index is 12.8. The van der Waals surface area contributed by atoms with Gasteiger partial charge < -0.3 is 14.8 Å². The average molecular weight is 453 g/mol. The maximum atomic E-state index is 12.8. The predicted molar refractivity (Wildman–Crippen MR) is 95.9 cm³/mol. The minimum Gasteiger partial charge on any atom is -0.490 e. The molecule has 0 radical (unpaired) electrons. The molecule has 2 aromatic rings. The van der Waals surface area contributed by atoms with Crippen LogP contribution in [0.5, 0.6) is 5.75 Å². The molecule has 0 bridgehead atoms. The lowest BCUT2D eigenvalue weighted by molar-refractivity contribution is -0.137. The summed E-state index contributed by atoms with van der Waals surface area (Å²) >= 11 is 9.17. The molecule has 0 aliphatic heterocycles. The van der Waals surface area contributed by atoms with E-state index in [1.165, 1.54) is 12.1 Å². The normalized spacial score (nSPS) is 11.3. The van der Waals surface area contributed by atoms with E-state index in [0.717, 1.165) is 18.2 Å². The third-order valence-corrected chi connectivity index (χ3v) is 4.23. The van der Waals surface area contributed by atoms with E-state index in [9.17, 15) is 18.0 Å². The molecule has 0 aliphatic carbocycles. The van der Waals surface area contributed by atoms with Gasteiger partial charge in [0, 0.05) is 12.7 Å². The Labute approximate surface area is 161 Å². The number of nitrogens with one attached hydrogen (secondary N) is 1. The van der Waals surface area contributed by atoms with Gasteiger partial charge in [0.25, 0.3) is 5.91 Å². The van der Waals surface area contributed by atoms with Crippen molar-refractivity contribution >= 4 is 39.1 Å². The number of hydrogen-bond acceptors (Lipinski definition) is 3. The highest BCUT2D eigenvalue weighted by Gasteiger charge is 2.31. The van der Waals surface area contributed by atoms with Crippen molar-refractivity contribution in [2.45, 2.75) is 6.18 Å². The van der Waals surface area contributed by atoms with Gasteiger partial charge in [-0.1, -0.05) is 11.6 Å². The lowest BCUT2D eigenvalue weighted by Crippen LogP contribution is -2.14. The summed E-state index contributed by atoms with van der Waals surface area (Å²) in [5, 5.41) is 2.39. The SMILES string of the molecule is COCCOc1ccc(C(=O)Nc2cc(C(F)(F)F)ccc2Cl)cc1Br. The third-order valence-electron chi connectivity index (χ3n) is 3.28. The van der Waals surface area contributed by atoms with Gasteiger partial charge in [0.15, 0.2) is 0 Å². The molecule has 0 atom stereocenters. The Morgan fingerprint density at radius 3 is 2.54 bits per heavy atom. The highest BCUT2D eigenvalue weighted by Crippen LogP contribution is 2.34. The van der Waals surface area contributed by atoms with Crippen LogP contribution < -0.4 is 10.1 Å². The molecule has 0 saturated heterocycles. The highest BCUT2D eigenvalue weighted by atomic mass is 79.9. The average Bonchev–Trinajstić information content (AvgIpc) is 2.57. The largest absolute Gasteiger partial charge is 0.490 e. The monoisotopic (exact) mass is 451 g/mol. The molecule has 0 heterocycles. The number of rotatable bonds is 6. The summed E-state index contributed by atoms with van der Waals surface area (Å²) < 4.78 is 49.3. The number of hydrogen-bond donors (Lipinski definition) is 1. The van der Waals surface area contributed by atoms with Gasteiger partial charge in [-0.3, -0.25) is 4.79 Å². The van der Waals surface area contributed by atoms with Crippen molar-refractivity contribution in [3.05, 3.63) is 57.0 Å². The Balaban J connectivity index is 2.16. The summed E-state index contributed by atoms with van der Waals surface area (Å²) in [6.45, 7) is 0.739. The van der Waals surface area contributed by atoms with E-state index in [0.29, 0.717) is 23.4 Å². The number of ether oxygens (including phenoxy) is 2. The van der Waals surface area contributed by atoms with Crippen LogP contribution in [0.4, 0.5) is 18.9 Å². The Kier molecular flexibility index (Phi) is 6.91.